The maximum atomic E-state index is 4.96. The first-order chi connectivity index (χ1) is 17.2. The molecule has 6 rings (SSSR count). The van der Waals surface area contributed by atoms with Gasteiger partial charge < -0.3 is 19.6 Å². The van der Waals surface area contributed by atoms with Crippen molar-refractivity contribution in [1.29, 1.82) is 0 Å². The molecule has 2 fully saturated rings. The summed E-state index contributed by atoms with van der Waals surface area (Å²) in [5, 5.41) is 4.96. The Hall–Kier alpha value is -4.07. The molecule has 2 aliphatic rings. The molecular formula is C27H30N8. The molecule has 2 saturated heterocycles. The second kappa shape index (κ2) is 8.94. The van der Waals surface area contributed by atoms with E-state index < -0.39 is 0 Å². The van der Waals surface area contributed by atoms with Gasteiger partial charge in [0.25, 0.3) is 0 Å². The maximum Gasteiger partial charge on any atom is 0.229 e. The van der Waals surface area contributed by atoms with Crippen molar-refractivity contribution in [1.82, 2.24) is 19.7 Å². The Morgan fingerprint density at radius 3 is 2.20 bits per heavy atom. The molecule has 8 nitrogen and oxygen atoms in total. The van der Waals surface area contributed by atoms with Crippen LogP contribution in [0.3, 0.4) is 0 Å². The number of anilines is 4. The van der Waals surface area contributed by atoms with Crippen molar-refractivity contribution in [3.63, 3.8) is 0 Å². The summed E-state index contributed by atoms with van der Waals surface area (Å²) in [4.78, 5) is 19.1. The van der Waals surface area contributed by atoms with Crippen molar-refractivity contribution in [2.45, 2.75) is 26.2 Å². The Kier molecular flexibility index (Phi) is 5.48. The van der Waals surface area contributed by atoms with E-state index in [0.29, 0.717) is 0 Å². The van der Waals surface area contributed by atoms with Crippen LogP contribution in [-0.2, 0) is 0 Å². The average Bonchev–Trinajstić information content (AvgIpc) is 3.62. The van der Waals surface area contributed by atoms with Crippen molar-refractivity contribution in [2.75, 3.05) is 45.9 Å². The van der Waals surface area contributed by atoms with Gasteiger partial charge in [-0.1, -0.05) is 42.5 Å². The van der Waals surface area contributed by atoms with Gasteiger partial charge in [-0.05, 0) is 50.2 Å². The Morgan fingerprint density at radius 1 is 0.800 bits per heavy atom. The summed E-state index contributed by atoms with van der Waals surface area (Å²) < 4.78 is 2.09. The van der Waals surface area contributed by atoms with Crippen LogP contribution in [-0.4, -0.2) is 52.1 Å². The molecular weight excluding hydrogens is 436 g/mol. The minimum Gasteiger partial charge on any atom is -0.352 e. The summed E-state index contributed by atoms with van der Waals surface area (Å²) in [6.07, 6.45) is 1.68. The molecule has 0 spiro atoms. The van der Waals surface area contributed by atoms with E-state index >= 15 is 0 Å². The van der Waals surface area contributed by atoms with E-state index in [-0.39, 0.29) is 12.3 Å². The standard InChI is InChI=1S/C27H30N8/c1-21-19-33(24-13-7-4-8-14-24)27(34(21)25-15-9-10-16-28-25)35-26(29-22(2)30-35)32-18-17-31(20-32)23-11-5-3-6-12-23/h3-16,21,27H,17-20H2,1-2H3/t21-,27?/m1/s1. The molecule has 178 valence electrons. The molecule has 0 radical (unpaired) electrons. The third-order valence-electron chi connectivity index (χ3n) is 6.79. The zero-order valence-corrected chi connectivity index (χ0v) is 20.1. The summed E-state index contributed by atoms with van der Waals surface area (Å²) in [6.45, 7) is 7.70. The molecule has 0 N–H and O–H groups in total. The quantitative estimate of drug-likeness (QED) is 0.438. The van der Waals surface area contributed by atoms with E-state index in [1.54, 1.807) is 0 Å². The highest BCUT2D eigenvalue weighted by molar-refractivity contribution is 5.56. The molecule has 2 atom stereocenters. The number of hydrogen-bond donors (Lipinski definition) is 0. The van der Waals surface area contributed by atoms with Crippen LogP contribution < -0.4 is 19.6 Å². The lowest BCUT2D eigenvalue weighted by atomic mass is 10.3. The number of benzene rings is 2. The predicted octanol–water partition coefficient (Wildman–Crippen LogP) is 4.14. The normalized spacial score (nSPS) is 20.2. The molecule has 0 amide bonds. The van der Waals surface area contributed by atoms with E-state index in [1.165, 1.54) is 5.69 Å². The zero-order valence-electron chi connectivity index (χ0n) is 20.1. The second-order valence-corrected chi connectivity index (χ2v) is 9.19. The van der Waals surface area contributed by atoms with Gasteiger partial charge in [-0.3, -0.25) is 0 Å². The predicted molar refractivity (Wildman–Crippen MR) is 140 cm³/mol. The first kappa shape index (κ1) is 21.5. The minimum atomic E-state index is -0.177. The smallest absolute Gasteiger partial charge is 0.229 e. The van der Waals surface area contributed by atoms with Crippen LogP contribution in [0.15, 0.2) is 85.1 Å². The lowest BCUT2D eigenvalue weighted by molar-refractivity contribution is 0.456. The van der Waals surface area contributed by atoms with Gasteiger partial charge in [0, 0.05) is 43.2 Å². The molecule has 0 saturated carbocycles. The van der Waals surface area contributed by atoms with Gasteiger partial charge in [0.05, 0.1) is 6.67 Å². The van der Waals surface area contributed by atoms with Crippen LogP contribution in [0, 0.1) is 6.92 Å². The third kappa shape index (κ3) is 3.95. The first-order valence-electron chi connectivity index (χ1n) is 12.2. The van der Waals surface area contributed by atoms with Crippen molar-refractivity contribution in [3.05, 3.63) is 90.9 Å². The fraction of sp³-hybridized carbons (Fsp3) is 0.296. The van der Waals surface area contributed by atoms with Crippen molar-refractivity contribution < 1.29 is 0 Å². The van der Waals surface area contributed by atoms with Gasteiger partial charge >= 0.3 is 0 Å². The largest absolute Gasteiger partial charge is 0.352 e. The minimum absolute atomic E-state index is 0.177. The number of hydrogen-bond acceptors (Lipinski definition) is 7. The van der Waals surface area contributed by atoms with Gasteiger partial charge in [-0.15, -0.1) is 0 Å². The second-order valence-electron chi connectivity index (χ2n) is 9.19. The highest BCUT2D eigenvalue weighted by Gasteiger charge is 2.42. The Bertz CT molecular complexity index is 1260. The Morgan fingerprint density at radius 2 is 1.49 bits per heavy atom. The first-order valence-corrected chi connectivity index (χ1v) is 12.2. The van der Waals surface area contributed by atoms with Gasteiger partial charge in [-0.2, -0.15) is 14.8 Å². The van der Waals surface area contributed by atoms with Crippen molar-refractivity contribution in [2.24, 2.45) is 0 Å². The van der Waals surface area contributed by atoms with E-state index in [1.807, 2.05) is 25.3 Å². The summed E-state index contributed by atoms with van der Waals surface area (Å²) in [7, 11) is 0. The van der Waals surface area contributed by atoms with Gasteiger partial charge in [-0.25, -0.2) is 4.98 Å². The summed E-state index contributed by atoms with van der Waals surface area (Å²) in [5.74, 6) is 2.60. The molecule has 8 heteroatoms. The lowest BCUT2D eigenvalue weighted by Crippen LogP contribution is -2.40. The lowest BCUT2D eigenvalue weighted by Gasteiger charge is -2.34. The SMILES string of the molecule is Cc1nc(N2CCN(c3ccccc3)C2)n(C2N(c3ccccc3)C[C@@H](C)N2c2ccccn2)n1. The molecule has 2 aliphatic heterocycles. The highest BCUT2D eigenvalue weighted by atomic mass is 15.6. The molecule has 4 aromatic rings. The summed E-state index contributed by atoms with van der Waals surface area (Å²) in [6, 6.07) is 27.5. The van der Waals surface area contributed by atoms with Crippen LogP contribution in [0.5, 0.6) is 0 Å². The summed E-state index contributed by atoms with van der Waals surface area (Å²) >= 11 is 0. The molecule has 4 heterocycles. The number of nitrogens with zero attached hydrogens (tertiary/aromatic N) is 8. The number of para-hydroxylation sites is 2. The van der Waals surface area contributed by atoms with Gasteiger partial charge in [0.1, 0.15) is 11.6 Å². The Labute approximate surface area is 206 Å². The number of rotatable bonds is 5. The number of aryl methyl sites for hydroxylation is 1. The number of aromatic nitrogens is 4. The molecule has 0 aliphatic carbocycles. The van der Waals surface area contributed by atoms with E-state index in [4.69, 9.17) is 15.1 Å². The molecule has 0 bridgehead atoms. The zero-order chi connectivity index (χ0) is 23.8. The molecule has 35 heavy (non-hydrogen) atoms. The monoisotopic (exact) mass is 466 g/mol. The number of pyridine rings is 1. The maximum absolute atomic E-state index is 4.96. The van der Waals surface area contributed by atoms with Crippen LogP contribution >= 0.6 is 0 Å². The molecule has 1 unspecified atom stereocenters. The van der Waals surface area contributed by atoms with Gasteiger partial charge in [0.15, 0.2) is 0 Å². The van der Waals surface area contributed by atoms with Crippen LogP contribution in [0.2, 0.25) is 0 Å². The van der Waals surface area contributed by atoms with Gasteiger partial charge in [0.2, 0.25) is 12.2 Å². The fourth-order valence-corrected chi connectivity index (χ4v) is 5.19. The molecule has 2 aromatic carbocycles. The van der Waals surface area contributed by atoms with E-state index in [9.17, 15) is 0 Å². The van der Waals surface area contributed by atoms with E-state index in [2.05, 4.69) is 97.9 Å². The molecule has 2 aromatic heterocycles. The third-order valence-corrected chi connectivity index (χ3v) is 6.79. The van der Waals surface area contributed by atoms with Crippen LogP contribution in [0.25, 0.3) is 0 Å². The topological polar surface area (TPSA) is 56.6 Å². The fourth-order valence-electron chi connectivity index (χ4n) is 5.19. The summed E-state index contributed by atoms with van der Waals surface area (Å²) in [5.41, 5.74) is 2.39. The van der Waals surface area contributed by atoms with Crippen LogP contribution in [0.1, 0.15) is 19.0 Å². The average molecular weight is 467 g/mol. The van der Waals surface area contributed by atoms with E-state index in [0.717, 1.165) is 49.6 Å². The van der Waals surface area contributed by atoms with Crippen LogP contribution in [0.4, 0.5) is 23.1 Å². The Balaban J connectivity index is 1.41. The van der Waals surface area contributed by atoms with Crippen molar-refractivity contribution >= 4 is 23.1 Å². The van der Waals surface area contributed by atoms with Crippen molar-refractivity contribution in [3.8, 4) is 0 Å². The highest BCUT2D eigenvalue weighted by Crippen LogP contribution is 2.38.